The molecule has 1 aromatic carbocycles. The Morgan fingerprint density at radius 2 is 1.89 bits per heavy atom. The normalized spacial score (nSPS) is 14.5. The number of nitrogens with one attached hydrogen (secondary N) is 1. The third-order valence-electron chi connectivity index (χ3n) is 2.87. The van der Waals surface area contributed by atoms with Crippen molar-refractivity contribution in [1.29, 1.82) is 0 Å². The summed E-state index contributed by atoms with van der Waals surface area (Å²) in [6, 6.07) is 0.522. The number of nitro groups is 1. The van der Waals surface area contributed by atoms with Crippen molar-refractivity contribution in [3.05, 3.63) is 33.9 Å². The van der Waals surface area contributed by atoms with E-state index in [0.29, 0.717) is 25.2 Å². The number of nitrogens with zero attached hydrogens (tertiary/aromatic N) is 2. The van der Waals surface area contributed by atoms with Crippen LogP contribution in [0.4, 0.5) is 25.0 Å². The van der Waals surface area contributed by atoms with Crippen molar-refractivity contribution in [2.24, 2.45) is 0 Å². The molecule has 0 bridgehead atoms. The molecule has 0 aliphatic carbocycles. The van der Waals surface area contributed by atoms with Gasteiger partial charge in [0.1, 0.15) is 5.82 Å². The molecule has 0 atom stereocenters. The smallest absolute Gasteiger partial charge is 0.321 e. The molecule has 0 spiro atoms. The van der Waals surface area contributed by atoms with Gasteiger partial charge in [-0.15, -0.1) is 0 Å². The van der Waals surface area contributed by atoms with Gasteiger partial charge >= 0.3 is 11.7 Å². The number of likely N-dealkylation sites (tertiary alicyclic amines) is 1. The molecule has 1 heterocycles. The average molecular weight is 271 g/mol. The first-order valence-corrected chi connectivity index (χ1v) is 5.68. The number of carbonyl (C=O) groups is 1. The molecular weight excluding hydrogens is 260 g/mol. The first-order valence-electron chi connectivity index (χ1n) is 5.68. The third kappa shape index (κ3) is 2.78. The van der Waals surface area contributed by atoms with Gasteiger partial charge in [0.25, 0.3) is 0 Å². The number of rotatable bonds is 2. The number of benzene rings is 1. The fourth-order valence-electron chi connectivity index (χ4n) is 1.89. The molecule has 2 amide bonds. The van der Waals surface area contributed by atoms with Gasteiger partial charge in [0.2, 0.25) is 5.82 Å². The molecule has 0 radical (unpaired) electrons. The van der Waals surface area contributed by atoms with E-state index in [-0.39, 0.29) is 0 Å². The summed E-state index contributed by atoms with van der Waals surface area (Å²) in [6.45, 7) is 1.10. The predicted octanol–water partition coefficient (Wildman–Crippen LogP) is 2.50. The molecule has 1 aromatic rings. The molecule has 1 aliphatic heterocycles. The molecule has 2 rings (SSSR count). The zero-order chi connectivity index (χ0) is 14.0. The highest BCUT2D eigenvalue weighted by Gasteiger charge is 2.22. The van der Waals surface area contributed by atoms with Crippen molar-refractivity contribution in [3.63, 3.8) is 0 Å². The van der Waals surface area contributed by atoms with E-state index in [1.54, 1.807) is 0 Å². The maximum atomic E-state index is 13.4. The van der Waals surface area contributed by atoms with Crippen LogP contribution >= 0.6 is 0 Å². The van der Waals surface area contributed by atoms with Crippen LogP contribution in [0.25, 0.3) is 0 Å². The van der Waals surface area contributed by atoms with Gasteiger partial charge in [-0.2, -0.15) is 4.39 Å². The number of halogens is 2. The number of hydrogen-bond acceptors (Lipinski definition) is 3. The van der Waals surface area contributed by atoms with Gasteiger partial charge in [0.15, 0.2) is 0 Å². The van der Waals surface area contributed by atoms with Crippen LogP contribution < -0.4 is 5.32 Å². The lowest BCUT2D eigenvalue weighted by molar-refractivity contribution is -0.387. The Morgan fingerprint density at radius 1 is 1.26 bits per heavy atom. The largest absolute Gasteiger partial charge is 0.325 e. The van der Waals surface area contributed by atoms with Crippen LogP contribution in [0.1, 0.15) is 12.8 Å². The van der Waals surface area contributed by atoms with E-state index >= 15 is 0 Å². The Hall–Kier alpha value is -2.25. The molecule has 6 nitrogen and oxygen atoms in total. The van der Waals surface area contributed by atoms with Crippen molar-refractivity contribution in [2.75, 3.05) is 18.4 Å². The fraction of sp³-hybridized carbons (Fsp3) is 0.364. The molecule has 19 heavy (non-hydrogen) atoms. The van der Waals surface area contributed by atoms with Crippen molar-refractivity contribution in [3.8, 4) is 0 Å². The van der Waals surface area contributed by atoms with Crippen LogP contribution in [0, 0.1) is 21.7 Å². The SMILES string of the molecule is O=C(Nc1cc([N+](=O)[O-])c(F)cc1F)N1CCCC1. The fourth-order valence-corrected chi connectivity index (χ4v) is 1.89. The van der Waals surface area contributed by atoms with Crippen LogP contribution in [-0.2, 0) is 0 Å². The van der Waals surface area contributed by atoms with Gasteiger partial charge < -0.3 is 10.2 Å². The molecule has 1 fully saturated rings. The summed E-state index contributed by atoms with van der Waals surface area (Å²) in [5, 5.41) is 12.8. The summed E-state index contributed by atoms with van der Waals surface area (Å²) in [4.78, 5) is 22.8. The lowest BCUT2D eigenvalue weighted by atomic mass is 10.2. The second-order valence-corrected chi connectivity index (χ2v) is 4.16. The summed E-state index contributed by atoms with van der Waals surface area (Å²) in [7, 11) is 0. The van der Waals surface area contributed by atoms with Crippen LogP contribution in [0.3, 0.4) is 0 Å². The standard InChI is InChI=1S/C11H11F2N3O3/c12-7-5-8(13)10(16(18)19)6-9(7)14-11(17)15-3-1-2-4-15/h5-6H,1-4H2,(H,14,17). The van der Waals surface area contributed by atoms with Crippen molar-refractivity contribution in [1.82, 2.24) is 4.90 Å². The molecule has 1 N–H and O–H groups in total. The minimum atomic E-state index is -1.28. The highest BCUT2D eigenvalue weighted by atomic mass is 19.1. The first kappa shape index (κ1) is 13.2. The Morgan fingerprint density at radius 3 is 2.47 bits per heavy atom. The quantitative estimate of drug-likeness (QED) is 0.663. The molecule has 8 heteroatoms. The van der Waals surface area contributed by atoms with Crippen LogP contribution in [-0.4, -0.2) is 28.9 Å². The minimum Gasteiger partial charge on any atom is -0.325 e. The van der Waals surface area contributed by atoms with Crippen LogP contribution in [0.15, 0.2) is 12.1 Å². The maximum absolute atomic E-state index is 13.4. The minimum absolute atomic E-state index is 0.387. The summed E-state index contributed by atoms with van der Waals surface area (Å²) < 4.78 is 26.6. The molecule has 102 valence electrons. The number of nitro benzene ring substituents is 1. The highest BCUT2D eigenvalue weighted by molar-refractivity contribution is 5.90. The Balaban J connectivity index is 2.21. The van der Waals surface area contributed by atoms with E-state index in [9.17, 15) is 23.7 Å². The number of anilines is 1. The highest BCUT2D eigenvalue weighted by Crippen LogP contribution is 2.25. The van der Waals surface area contributed by atoms with Crippen molar-refractivity contribution in [2.45, 2.75) is 12.8 Å². The van der Waals surface area contributed by atoms with Gasteiger partial charge in [-0.3, -0.25) is 10.1 Å². The summed E-state index contributed by atoms with van der Waals surface area (Å²) in [5.41, 5.74) is -1.27. The van der Waals surface area contributed by atoms with E-state index < -0.39 is 34.0 Å². The van der Waals surface area contributed by atoms with E-state index in [2.05, 4.69) is 5.32 Å². The number of carbonyl (C=O) groups excluding carboxylic acids is 1. The summed E-state index contributed by atoms with van der Waals surface area (Å²) >= 11 is 0. The third-order valence-corrected chi connectivity index (χ3v) is 2.87. The van der Waals surface area contributed by atoms with Crippen LogP contribution in [0.5, 0.6) is 0 Å². The number of hydrogen-bond donors (Lipinski definition) is 1. The lowest BCUT2D eigenvalue weighted by Crippen LogP contribution is -2.32. The van der Waals surface area contributed by atoms with Gasteiger partial charge in [0, 0.05) is 25.2 Å². The lowest BCUT2D eigenvalue weighted by Gasteiger charge is -2.16. The zero-order valence-corrected chi connectivity index (χ0v) is 9.86. The Bertz CT molecular complexity index is 530. The van der Waals surface area contributed by atoms with E-state index in [1.807, 2.05) is 0 Å². The van der Waals surface area contributed by atoms with Crippen molar-refractivity contribution < 1.29 is 18.5 Å². The topological polar surface area (TPSA) is 75.5 Å². The molecule has 0 aromatic heterocycles. The summed E-state index contributed by atoms with van der Waals surface area (Å²) in [6.07, 6.45) is 1.72. The van der Waals surface area contributed by atoms with Crippen molar-refractivity contribution >= 4 is 17.4 Å². The molecule has 0 unspecified atom stereocenters. The van der Waals surface area contributed by atoms with Gasteiger partial charge in [-0.05, 0) is 12.8 Å². The van der Waals surface area contributed by atoms with E-state index in [1.165, 1.54) is 4.90 Å². The van der Waals surface area contributed by atoms with Gasteiger partial charge in [0.05, 0.1) is 10.6 Å². The molecular formula is C11H11F2N3O3. The van der Waals surface area contributed by atoms with E-state index in [4.69, 9.17) is 0 Å². The molecule has 1 saturated heterocycles. The first-order chi connectivity index (χ1) is 8.99. The Kier molecular flexibility index (Phi) is 3.59. The van der Waals surface area contributed by atoms with E-state index in [0.717, 1.165) is 12.8 Å². The predicted molar refractivity (Wildman–Crippen MR) is 62.8 cm³/mol. The van der Waals surface area contributed by atoms with Gasteiger partial charge in [-0.25, -0.2) is 9.18 Å². The second-order valence-electron chi connectivity index (χ2n) is 4.16. The second kappa shape index (κ2) is 5.17. The molecule has 1 aliphatic rings. The monoisotopic (exact) mass is 271 g/mol. The Labute approximate surface area is 107 Å². The number of amides is 2. The zero-order valence-electron chi connectivity index (χ0n) is 9.86. The average Bonchev–Trinajstić information content (AvgIpc) is 2.85. The summed E-state index contributed by atoms with van der Waals surface area (Å²) in [5.74, 6) is -2.32. The number of urea groups is 1. The molecule has 0 saturated carbocycles. The van der Waals surface area contributed by atoms with Crippen LogP contribution in [0.2, 0.25) is 0 Å². The van der Waals surface area contributed by atoms with Gasteiger partial charge in [-0.1, -0.05) is 0 Å². The maximum Gasteiger partial charge on any atom is 0.321 e.